The molecule has 7 heteroatoms. The maximum atomic E-state index is 13.1. The second-order valence-corrected chi connectivity index (χ2v) is 4.10. The molecule has 0 aliphatic carbocycles. The van der Waals surface area contributed by atoms with Gasteiger partial charge in [-0.05, 0) is 30.7 Å². The van der Waals surface area contributed by atoms with Crippen LogP contribution in [0.2, 0.25) is 0 Å². The molecule has 0 bridgehead atoms. The second-order valence-electron chi connectivity index (χ2n) is 4.10. The molecule has 2 rings (SSSR count). The van der Waals surface area contributed by atoms with Crippen LogP contribution in [0.15, 0.2) is 24.5 Å². The van der Waals surface area contributed by atoms with Crippen LogP contribution in [0, 0.1) is 11.6 Å². The number of hydrogen-bond donors (Lipinski definition) is 2. The van der Waals surface area contributed by atoms with Crippen LogP contribution in [0.3, 0.4) is 0 Å². The summed E-state index contributed by atoms with van der Waals surface area (Å²) in [5.74, 6) is -2.83. The van der Waals surface area contributed by atoms with E-state index in [1.807, 2.05) is 0 Å². The Kier molecular flexibility index (Phi) is 4.40. The normalized spacial score (nSPS) is 10.8. The van der Waals surface area contributed by atoms with Gasteiger partial charge in [-0.1, -0.05) is 5.21 Å². The van der Waals surface area contributed by atoms with Crippen molar-refractivity contribution in [3.05, 3.63) is 41.7 Å². The maximum Gasteiger partial charge on any atom is 0.187 e. The fourth-order valence-electron chi connectivity index (χ4n) is 1.67. The van der Waals surface area contributed by atoms with Crippen LogP contribution in [0.25, 0.3) is 0 Å². The van der Waals surface area contributed by atoms with Crippen molar-refractivity contribution in [3.63, 3.8) is 0 Å². The summed E-state index contributed by atoms with van der Waals surface area (Å²) in [5.41, 5.74) is 0.452. The minimum atomic E-state index is -0.945. The van der Waals surface area contributed by atoms with Gasteiger partial charge in [-0.2, -0.15) is 0 Å². The van der Waals surface area contributed by atoms with E-state index in [0.717, 1.165) is 25.1 Å². The Morgan fingerprint density at radius 2 is 2.00 bits per heavy atom. The molecule has 0 radical (unpaired) electrons. The zero-order chi connectivity index (χ0) is 13.7. The molecule has 19 heavy (non-hydrogen) atoms. The first-order chi connectivity index (χ1) is 9.16. The van der Waals surface area contributed by atoms with Crippen molar-refractivity contribution in [1.29, 1.82) is 0 Å². The number of aromatic hydroxyl groups is 1. The molecule has 2 N–H and O–H groups in total. The van der Waals surface area contributed by atoms with E-state index in [-0.39, 0.29) is 0 Å². The summed E-state index contributed by atoms with van der Waals surface area (Å²) in [7, 11) is 0. The summed E-state index contributed by atoms with van der Waals surface area (Å²) in [4.78, 5) is 0. The zero-order valence-corrected chi connectivity index (χ0v) is 10.2. The largest absolute Gasteiger partial charge is 0.503 e. The lowest BCUT2D eigenvalue weighted by Gasteiger charge is -2.06. The van der Waals surface area contributed by atoms with Crippen molar-refractivity contribution in [2.75, 3.05) is 6.54 Å². The molecular weight excluding hydrogens is 254 g/mol. The Hall–Kier alpha value is -2.02. The lowest BCUT2D eigenvalue weighted by molar-refractivity contribution is 0.395. The van der Waals surface area contributed by atoms with Crippen LogP contribution in [0.4, 0.5) is 8.78 Å². The number of phenols is 1. The maximum absolute atomic E-state index is 13.1. The summed E-state index contributed by atoms with van der Waals surface area (Å²) in [6.07, 6.45) is 4.20. The number of rotatable bonds is 6. The van der Waals surface area contributed by atoms with Gasteiger partial charge in [-0.25, -0.2) is 8.78 Å². The Morgan fingerprint density at radius 1 is 1.26 bits per heavy atom. The number of aromatic nitrogens is 3. The third-order valence-electron chi connectivity index (χ3n) is 2.62. The molecule has 0 unspecified atom stereocenters. The van der Waals surface area contributed by atoms with E-state index in [9.17, 15) is 8.78 Å². The van der Waals surface area contributed by atoms with E-state index in [4.69, 9.17) is 5.11 Å². The molecule has 1 heterocycles. The van der Waals surface area contributed by atoms with E-state index in [1.165, 1.54) is 0 Å². The van der Waals surface area contributed by atoms with Crippen molar-refractivity contribution < 1.29 is 13.9 Å². The van der Waals surface area contributed by atoms with Gasteiger partial charge in [0.15, 0.2) is 17.4 Å². The minimum absolute atomic E-state index is 0.339. The molecule has 0 saturated carbocycles. The molecule has 5 nitrogen and oxygen atoms in total. The van der Waals surface area contributed by atoms with Gasteiger partial charge in [0.05, 0.1) is 6.20 Å². The van der Waals surface area contributed by atoms with Gasteiger partial charge >= 0.3 is 0 Å². The molecule has 1 aromatic carbocycles. The van der Waals surface area contributed by atoms with Gasteiger partial charge in [-0.15, -0.1) is 5.10 Å². The Labute approximate surface area is 108 Å². The lowest BCUT2D eigenvalue weighted by atomic mass is 10.2. The Balaban J connectivity index is 1.74. The van der Waals surface area contributed by atoms with E-state index >= 15 is 0 Å². The SMILES string of the molecule is Oc1c(F)cc(CNCCCn2ccnn2)cc1F. The number of phenolic OH excluding ortho intramolecular Hbond substituents is 1. The molecule has 2 aromatic rings. The highest BCUT2D eigenvalue weighted by Gasteiger charge is 2.08. The van der Waals surface area contributed by atoms with Gasteiger partial charge in [0, 0.05) is 19.3 Å². The van der Waals surface area contributed by atoms with Gasteiger partial charge < -0.3 is 10.4 Å². The molecule has 0 aliphatic rings. The first kappa shape index (κ1) is 13.4. The quantitative estimate of drug-likeness (QED) is 0.778. The van der Waals surface area contributed by atoms with Crippen molar-refractivity contribution >= 4 is 0 Å². The fraction of sp³-hybridized carbons (Fsp3) is 0.333. The van der Waals surface area contributed by atoms with Gasteiger partial charge in [-0.3, -0.25) is 4.68 Å². The van der Waals surface area contributed by atoms with Crippen molar-refractivity contribution in [2.24, 2.45) is 0 Å². The summed E-state index contributed by atoms with van der Waals surface area (Å²) < 4.78 is 27.8. The predicted molar refractivity (Wildman–Crippen MR) is 64.4 cm³/mol. The number of benzene rings is 1. The smallest absolute Gasteiger partial charge is 0.187 e. The van der Waals surface area contributed by atoms with Crippen LogP contribution >= 0.6 is 0 Å². The highest BCUT2D eigenvalue weighted by molar-refractivity contribution is 5.29. The summed E-state index contributed by atoms with van der Waals surface area (Å²) in [5, 5.41) is 19.5. The Bertz CT molecular complexity index is 508. The molecule has 102 valence electrons. The minimum Gasteiger partial charge on any atom is -0.503 e. The van der Waals surface area contributed by atoms with E-state index in [2.05, 4.69) is 15.6 Å². The average Bonchev–Trinajstić information content (AvgIpc) is 2.88. The van der Waals surface area contributed by atoms with Gasteiger partial charge in [0.2, 0.25) is 0 Å². The molecule has 0 fully saturated rings. The topological polar surface area (TPSA) is 63.0 Å². The first-order valence-corrected chi connectivity index (χ1v) is 5.88. The van der Waals surface area contributed by atoms with E-state index < -0.39 is 17.4 Å². The standard InChI is InChI=1S/C12H14F2N4O/c13-10-6-9(7-11(14)12(10)19)8-15-2-1-4-18-5-3-16-17-18/h3,5-7,15,19H,1-2,4,8H2. The van der Waals surface area contributed by atoms with Crippen LogP contribution < -0.4 is 5.32 Å². The third-order valence-corrected chi connectivity index (χ3v) is 2.62. The number of nitrogens with one attached hydrogen (secondary N) is 1. The molecule has 0 amide bonds. The summed E-state index contributed by atoms with van der Waals surface area (Å²) >= 11 is 0. The van der Waals surface area contributed by atoms with E-state index in [1.54, 1.807) is 17.1 Å². The molecule has 0 aliphatic heterocycles. The lowest BCUT2D eigenvalue weighted by Crippen LogP contribution is -2.17. The van der Waals surface area contributed by atoms with Crippen LogP contribution in [-0.2, 0) is 13.1 Å². The predicted octanol–water partition coefficient (Wildman–Crippen LogP) is 1.44. The highest BCUT2D eigenvalue weighted by Crippen LogP contribution is 2.21. The van der Waals surface area contributed by atoms with Crippen molar-refractivity contribution in [2.45, 2.75) is 19.5 Å². The highest BCUT2D eigenvalue weighted by atomic mass is 19.1. The van der Waals surface area contributed by atoms with Gasteiger partial charge in [0.25, 0.3) is 0 Å². The summed E-state index contributed by atoms with van der Waals surface area (Å²) in [6, 6.07) is 2.23. The monoisotopic (exact) mass is 268 g/mol. The van der Waals surface area contributed by atoms with Crippen molar-refractivity contribution in [3.8, 4) is 5.75 Å². The molecular formula is C12H14F2N4O. The fourth-order valence-corrected chi connectivity index (χ4v) is 1.67. The zero-order valence-electron chi connectivity index (χ0n) is 10.2. The molecule has 0 spiro atoms. The second kappa shape index (κ2) is 6.24. The van der Waals surface area contributed by atoms with E-state index in [0.29, 0.717) is 18.7 Å². The van der Waals surface area contributed by atoms with Crippen LogP contribution in [0.5, 0.6) is 5.75 Å². The molecule has 0 saturated heterocycles. The number of aryl methyl sites for hydroxylation is 1. The molecule has 1 aromatic heterocycles. The number of hydrogen-bond acceptors (Lipinski definition) is 4. The van der Waals surface area contributed by atoms with Crippen LogP contribution in [0.1, 0.15) is 12.0 Å². The van der Waals surface area contributed by atoms with Crippen LogP contribution in [-0.4, -0.2) is 26.6 Å². The summed E-state index contributed by atoms with van der Waals surface area (Å²) in [6.45, 7) is 1.75. The molecule has 0 atom stereocenters. The van der Waals surface area contributed by atoms with Gasteiger partial charge in [0.1, 0.15) is 0 Å². The van der Waals surface area contributed by atoms with Crippen molar-refractivity contribution in [1.82, 2.24) is 20.3 Å². The number of nitrogens with zero attached hydrogens (tertiary/aromatic N) is 3. The Morgan fingerprint density at radius 3 is 2.63 bits per heavy atom. The average molecular weight is 268 g/mol. The first-order valence-electron chi connectivity index (χ1n) is 5.88. The number of halogens is 2. The third kappa shape index (κ3) is 3.72.